The van der Waals surface area contributed by atoms with Crippen molar-refractivity contribution < 1.29 is 14.3 Å². The molecule has 0 aromatic heterocycles. The van der Waals surface area contributed by atoms with Crippen LogP contribution in [0.3, 0.4) is 0 Å². The lowest BCUT2D eigenvalue weighted by atomic mass is 9.95. The molecule has 2 atom stereocenters. The zero-order chi connectivity index (χ0) is 14.7. The number of hydrogen-bond donors (Lipinski definition) is 2. The summed E-state index contributed by atoms with van der Waals surface area (Å²) in [5.41, 5.74) is 1.39. The van der Waals surface area contributed by atoms with Gasteiger partial charge in [-0.3, -0.25) is 4.79 Å². The zero-order valence-electron chi connectivity index (χ0n) is 11.9. The second-order valence-electron chi connectivity index (χ2n) is 5.28. The van der Waals surface area contributed by atoms with Gasteiger partial charge in [-0.15, -0.1) is 0 Å². The number of benzene rings is 1. The molecule has 5 heteroatoms. The van der Waals surface area contributed by atoms with E-state index in [4.69, 9.17) is 0 Å². The molecule has 1 heterocycles. The molecule has 4 nitrogen and oxygen atoms in total. The lowest BCUT2D eigenvalue weighted by Crippen LogP contribution is -2.42. The summed E-state index contributed by atoms with van der Waals surface area (Å²) in [5, 5.41) is 12.5. The van der Waals surface area contributed by atoms with E-state index in [-0.39, 0.29) is 17.6 Å². The number of carbonyl (C=O) groups is 1. The highest BCUT2D eigenvalue weighted by Crippen LogP contribution is 2.30. The highest BCUT2D eigenvalue weighted by molar-refractivity contribution is 5.79. The van der Waals surface area contributed by atoms with Crippen LogP contribution in [0, 0.1) is 11.7 Å². The fourth-order valence-electron chi connectivity index (χ4n) is 2.76. The summed E-state index contributed by atoms with van der Waals surface area (Å²) in [4.78, 5) is 13.8. The molecule has 110 valence electrons. The fourth-order valence-corrected chi connectivity index (χ4v) is 2.76. The van der Waals surface area contributed by atoms with Crippen LogP contribution >= 0.6 is 0 Å². The van der Waals surface area contributed by atoms with E-state index in [9.17, 15) is 14.3 Å². The molecule has 1 unspecified atom stereocenters. The van der Waals surface area contributed by atoms with Gasteiger partial charge < -0.3 is 15.3 Å². The number of nitrogens with zero attached hydrogens (tertiary/aromatic N) is 1. The van der Waals surface area contributed by atoms with Gasteiger partial charge in [-0.05, 0) is 38.0 Å². The number of carbonyl (C=O) groups excluding carboxylic acids is 1. The minimum absolute atomic E-state index is 0.0374. The molecule has 1 fully saturated rings. The largest absolute Gasteiger partial charge is 0.389 e. The third-order valence-corrected chi connectivity index (χ3v) is 3.82. The number of aliphatic hydroxyl groups excluding tert-OH is 1. The molecule has 0 bridgehead atoms. The van der Waals surface area contributed by atoms with Gasteiger partial charge in [0.1, 0.15) is 5.82 Å². The summed E-state index contributed by atoms with van der Waals surface area (Å²) in [6.45, 7) is 3.04. The lowest BCUT2D eigenvalue weighted by Gasteiger charge is -2.35. The molecule has 20 heavy (non-hydrogen) atoms. The predicted molar refractivity (Wildman–Crippen MR) is 76.0 cm³/mol. The second kappa shape index (κ2) is 6.22. The molecule has 0 aliphatic carbocycles. The quantitative estimate of drug-likeness (QED) is 0.888. The van der Waals surface area contributed by atoms with Gasteiger partial charge in [-0.25, -0.2) is 4.39 Å². The van der Waals surface area contributed by atoms with Crippen LogP contribution in [-0.4, -0.2) is 31.2 Å². The molecular formula is C15H21FN2O2. The highest BCUT2D eigenvalue weighted by Gasteiger charge is 2.26. The van der Waals surface area contributed by atoms with E-state index in [1.54, 1.807) is 20.0 Å². The standard InChI is InChI=1S/C15H21FN2O2/c1-10(19)13-8-12(16)5-6-14(13)18-7-3-4-11(9-18)15(20)17-2/h5-6,8,10-11,19H,3-4,7,9H2,1-2H3,(H,17,20)/t10-,11?/m0/s1. The van der Waals surface area contributed by atoms with Gasteiger partial charge in [0, 0.05) is 31.4 Å². The Morgan fingerprint density at radius 2 is 2.30 bits per heavy atom. The molecule has 2 rings (SSSR count). The zero-order valence-corrected chi connectivity index (χ0v) is 11.9. The summed E-state index contributed by atoms with van der Waals surface area (Å²) < 4.78 is 13.3. The first kappa shape index (κ1) is 14.8. The van der Waals surface area contributed by atoms with Gasteiger partial charge in [-0.2, -0.15) is 0 Å². The maximum Gasteiger partial charge on any atom is 0.224 e. The van der Waals surface area contributed by atoms with E-state index >= 15 is 0 Å². The summed E-state index contributed by atoms with van der Waals surface area (Å²) in [6.07, 6.45) is 1.04. The molecule has 1 aromatic carbocycles. The number of amides is 1. The number of piperidine rings is 1. The van der Waals surface area contributed by atoms with E-state index in [2.05, 4.69) is 10.2 Å². The summed E-state index contributed by atoms with van der Waals surface area (Å²) >= 11 is 0. The van der Waals surface area contributed by atoms with Gasteiger partial charge in [0.2, 0.25) is 5.91 Å². The molecular weight excluding hydrogens is 259 g/mol. The van der Waals surface area contributed by atoms with E-state index in [1.807, 2.05) is 0 Å². The first-order valence-electron chi connectivity index (χ1n) is 6.97. The number of hydrogen-bond acceptors (Lipinski definition) is 3. The van der Waals surface area contributed by atoms with E-state index < -0.39 is 6.10 Å². The normalized spacial score (nSPS) is 20.6. The summed E-state index contributed by atoms with van der Waals surface area (Å²) in [7, 11) is 1.64. The number of anilines is 1. The number of aliphatic hydroxyl groups is 1. The van der Waals surface area contributed by atoms with Crippen molar-refractivity contribution in [2.75, 3.05) is 25.0 Å². The minimum atomic E-state index is -0.735. The topological polar surface area (TPSA) is 52.6 Å². The third-order valence-electron chi connectivity index (χ3n) is 3.82. The van der Waals surface area contributed by atoms with Crippen molar-refractivity contribution >= 4 is 11.6 Å². The van der Waals surface area contributed by atoms with Gasteiger partial charge in [0.05, 0.1) is 12.0 Å². The average Bonchev–Trinajstić information content (AvgIpc) is 2.46. The molecule has 0 spiro atoms. The fraction of sp³-hybridized carbons (Fsp3) is 0.533. The van der Waals surface area contributed by atoms with Crippen LogP contribution in [0.15, 0.2) is 18.2 Å². The SMILES string of the molecule is CNC(=O)C1CCCN(c2ccc(F)cc2[C@H](C)O)C1. The van der Waals surface area contributed by atoms with Crippen LogP contribution < -0.4 is 10.2 Å². The molecule has 0 radical (unpaired) electrons. The van der Waals surface area contributed by atoms with Gasteiger partial charge in [0.25, 0.3) is 0 Å². The average molecular weight is 280 g/mol. The van der Waals surface area contributed by atoms with Crippen molar-refractivity contribution in [2.45, 2.75) is 25.9 Å². The Kier molecular flexibility index (Phi) is 4.60. The second-order valence-corrected chi connectivity index (χ2v) is 5.28. The van der Waals surface area contributed by atoms with Crippen molar-refractivity contribution in [2.24, 2.45) is 5.92 Å². The maximum atomic E-state index is 13.3. The minimum Gasteiger partial charge on any atom is -0.389 e. The van der Waals surface area contributed by atoms with Crippen molar-refractivity contribution in [3.05, 3.63) is 29.6 Å². The van der Waals surface area contributed by atoms with Crippen molar-refractivity contribution in [3.8, 4) is 0 Å². The van der Waals surface area contributed by atoms with Gasteiger partial charge >= 0.3 is 0 Å². The molecule has 1 aliphatic heterocycles. The van der Waals surface area contributed by atoms with E-state index in [0.29, 0.717) is 12.1 Å². The lowest BCUT2D eigenvalue weighted by molar-refractivity contribution is -0.124. The van der Waals surface area contributed by atoms with Gasteiger partial charge in [0.15, 0.2) is 0 Å². The Bertz CT molecular complexity index is 491. The monoisotopic (exact) mass is 280 g/mol. The van der Waals surface area contributed by atoms with Crippen LogP contribution in [0.1, 0.15) is 31.4 Å². The first-order valence-corrected chi connectivity index (χ1v) is 6.97. The van der Waals surface area contributed by atoms with Crippen LogP contribution in [0.5, 0.6) is 0 Å². The van der Waals surface area contributed by atoms with E-state index in [0.717, 1.165) is 25.1 Å². The summed E-state index contributed by atoms with van der Waals surface area (Å²) in [6, 6.07) is 4.44. The van der Waals surface area contributed by atoms with Crippen LogP contribution in [0.25, 0.3) is 0 Å². The van der Waals surface area contributed by atoms with E-state index in [1.165, 1.54) is 12.1 Å². The van der Waals surface area contributed by atoms with Crippen LogP contribution in [-0.2, 0) is 4.79 Å². The first-order chi connectivity index (χ1) is 9.52. The smallest absolute Gasteiger partial charge is 0.224 e. The number of rotatable bonds is 3. The Balaban J connectivity index is 2.24. The molecule has 1 aliphatic rings. The molecule has 0 saturated carbocycles. The van der Waals surface area contributed by atoms with Crippen LogP contribution in [0.4, 0.5) is 10.1 Å². The molecule has 2 N–H and O–H groups in total. The van der Waals surface area contributed by atoms with Crippen molar-refractivity contribution in [1.82, 2.24) is 5.32 Å². The summed E-state index contributed by atoms with van der Waals surface area (Å²) in [5.74, 6) is -0.374. The predicted octanol–water partition coefficient (Wildman–Crippen LogP) is 1.84. The maximum absolute atomic E-state index is 13.3. The highest BCUT2D eigenvalue weighted by atomic mass is 19.1. The van der Waals surface area contributed by atoms with Gasteiger partial charge in [-0.1, -0.05) is 0 Å². The number of halogens is 1. The Labute approximate surface area is 118 Å². The van der Waals surface area contributed by atoms with Crippen molar-refractivity contribution in [3.63, 3.8) is 0 Å². The number of nitrogens with one attached hydrogen (secondary N) is 1. The molecule has 1 saturated heterocycles. The third kappa shape index (κ3) is 3.10. The molecule has 1 amide bonds. The van der Waals surface area contributed by atoms with Crippen LogP contribution in [0.2, 0.25) is 0 Å². The Morgan fingerprint density at radius 1 is 1.55 bits per heavy atom. The molecule has 1 aromatic rings. The Morgan fingerprint density at radius 3 is 2.95 bits per heavy atom. The van der Waals surface area contributed by atoms with Crippen molar-refractivity contribution in [1.29, 1.82) is 0 Å². The Hall–Kier alpha value is -1.62.